The Balaban J connectivity index is 1.78. The Morgan fingerprint density at radius 3 is 2.90 bits per heavy atom. The molecule has 1 fully saturated rings. The van der Waals surface area contributed by atoms with Crippen molar-refractivity contribution in [2.75, 3.05) is 0 Å². The van der Waals surface area contributed by atoms with Crippen molar-refractivity contribution in [1.29, 1.82) is 0 Å². The molecule has 0 bridgehead atoms. The van der Waals surface area contributed by atoms with Crippen molar-refractivity contribution in [1.82, 2.24) is 5.32 Å². The summed E-state index contributed by atoms with van der Waals surface area (Å²) in [6.07, 6.45) is 7.06. The lowest BCUT2D eigenvalue weighted by Gasteiger charge is -2.38. The molecule has 1 aromatic rings. The number of hydrogen-bond donors (Lipinski definition) is 2. The van der Waals surface area contributed by atoms with E-state index in [9.17, 15) is 0 Å². The molecule has 0 aromatic carbocycles. The molecule has 2 aliphatic carbocycles. The zero-order valence-corrected chi connectivity index (χ0v) is 13.0. The number of hydrogen-bond acceptors (Lipinski definition) is 3. The van der Waals surface area contributed by atoms with E-state index in [0.717, 1.165) is 18.6 Å². The van der Waals surface area contributed by atoms with Crippen LogP contribution in [0.5, 0.6) is 0 Å². The Labute approximate surface area is 122 Å². The SMILES string of the molecule is Cc1cc2c(o1)CC(C)(C)CC2NC1CCCC(N)C1. The highest BCUT2D eigenvalue weighted by Gasteiger charge is 2.36. The van der Waals surface area contributed by atoms with Crippen LogP contribution >= 0.6 is 0 Å². The second-order valence-corrected chi connectivity index (χ2v) is 7.62. The molecule has 3 heteroatoms. The van der Waals surface area contributed by atoms with Gasteiger partial charge in [-0.25, -0.2) is 0 Å². The first kappa shape index (κ1) is 14.2. The van der Waals surface area contributed by atoms with Gasteiger partial charge in [0, 0.05) is 30.1 Å². The normalized spacial score (nSPS) is 32.9. The third-order valence-corrected chi connectivity index (χ3v) is 4.89. The summed E-state index contributed by atoms with van der Waals surface area (Å²) in [4.78, 5) is 0. The second kappa shape index (κ2) is 5.19. The molecule has 0 saturated heterocycles. The third-order valence-electron chi connectivity index (χ3n) is 4.89. The van der Waals surface area contributed by atoms with E-state index in [-0.39, 0.29) is 0 Å². The summed E-state index contributed by atoms with van der Waals surface area (Å²) >= 11 is 0. The van der Waals surface area contributed by atoms with Gasteiger partial charge in [0.2, 0.25) is 0 Å². The van der Waals surface area contributed by atoms with Gasteiger partial charge in [0.25, 0.3) is 0 Å². The standard InChI is InChI=1S/C17H28N2O/c1-11-7-14-15(9-17(2,3)10-16(14)20-11)19-13-6-4-5-12(18)8-13/h7,12-13,15,19H,4-6,8-10,18H2,1-3H3. The van der Waals surface area contributed by atoms with Gasteiger partial charge in [-0.1, -0.05) is 20.3 Å². The zero-order chi connectivity index (χ0) is 14.3. The summed E-state index contributed by atoms with van der Waals surface area (Å²) in [5.74, 6) is 2.23. The van der Waals surface area contributed by atoms with Crippen molar-refractivity contribution in [3.63, 3.8) is 0 Å². The van der Waals surface area contributed by atoms with Crippen molar-refractivity contribution in [2.24, 2.45) is 11.1 Å². The monoisotopic (exact) mass is 276 g/mol. The summed E-state index contributed by atoms with van der Waals surface area (Å²) in [6, 6.07) is 3.61. The van der Waals surface area contributed by atoms with E-state index in [4.69, 9.17) is 10.2 Å². The van der Waals surface area contributed by atoms with E-state index in [1.165, 1.54) is 37.0 Å². The molecule has 20 heavy (non-hydrogen) atoms. The molecule has 0 amide bonds. The lowest BCUT2D eigenvalue weighted by atomic mass is 9.74. The van der Waals surface area contributed by atoms with Gasteiger partial charge in [0.1, 0.15) is 11.5 Å². The second-order valence-electron chi connectivity index (χ2n) is 7.62. The van der Waals surface area contributed by atoms with Crippen LogP contribution in [-0.2, 0) is 6.42 Å². The fourth-order valence-corrected chi connectivity index (χ4v) is 4.00. The van der Waals surface area contributed by atoms with Crippen molar-refractivity contribution < 1.29 is 4.42 Å². The van der Waals surface area contributed by atoms with E-state index in [1.807, 2.05) is 0 Å². The van der Waals surface area contributed by atoms with Gasteiger partial charge < -0.3 is 15.5 Å². The molecule has 0 spiro atoms. The van der Waals surface area contributed by atoms with Crippen LogP contribution in [0, 0.1) is 12.3 Å². The summed E-state index contributed by atoms with van der Waals surface area (Å²) in [5, 5.41) is 3.87. The number of rotatable bonds is 2. The van der Waals surface area contributed by atoms with E-state index < -0.39 is 0 Å². The first-order valence-corrected chi connectivity index (χ1v) is 8.04. The third kappa shape index (κ3) is 2.94. The van der Waals surface area contributed by atoms with Gasteiger partial charge in [-0.3, -0.25) is 0 Å². The van der Waals surface area contributed by atoms with Crippen molar-refractivity contribution in [3.8, 4) is 0 Å². The molecule has 3 nitrogen and oxygen atoms in total. The minimum Gasteiger partial charge on any atom is -0.466 e. The molecule has 1 saturated carbocycles. The van der Waals surface area contributed by atoms with Crippen LogP contribution in [-0.4, -0.2) is 12.1 Å². The Kier molecular flexibility index (Phi) is 3.67. The fourth-order valence-electron chi connectivity index (χ4n) is 4.00. The highest BCUT2D eigenvalue weighted by atomic mass is 16.3. The van der Waals surface area contributed by atoms with Crippen LogP contribution in [0.1, 0.15) is 69.1 Å². The number of fused-ring (bicyclic) bond motifs is 1. The van der Waals surface area contributed by atoms with Crippen molar-refractivity contribution >= 4 is 0 Å². The van der Waals surface area contributed by atoms with Crippen LogP contribution < -0.4 is 11.1 Å². The maximum absolute atomic E-state index is 6.12. The maximum atomic E-state index is 6.12. The van der Waals surface area contributed by atoms with E-state index in [1.54, 1.807) is 0 Å². The minimum atomic E-state index is 0.311. The Morgan fingerprint density at radius 2 is 2.15 bits per heavy atom. The van der Waals surface area contributed by atoms with E-state index in [0.29, 0.717) is 23.5 Å². The fraction of sp³-hybridized carbons (Fsp3) is 0.765. The lowest BCUT2D eigenvalue weighted by Crippen LogP contribution is -2.43. The zero-order valence-electron chi connectivity index (χ0n) is 13.0. The van der Waals surface area contributed by atoms with Gasteiger partial charge >= 0.3 is 0 Å². The molecular formula is C17H28N2O. The van der Waals surface area contributed by atoms with Crippen LogP contribution in [0.2, 0.25) is 0 Å². The molecule has 112 valence electrons. The minimum absolute atomic E-state index is 0.311. The lowest BCUT2D eigenvalue weighted by molar-refractivity contribution is 0.210. The molecular weight excluding hydrogens is 248 g/mol. The Bertz CT molecular complexity index is 477. The number of nitrogens with two attached hydrogens (primary N) is 1. The van der Waals surface area contributed by atoms with Crippen LogP contribution in [0.3, 0.4) is 0 Å². The van der Waals surface area contributed by atoms with Gasteiger partial charge in [-0.15, -0.1) is 0 Å². The molecule has 3 N–H and O–H groups in total. The molecule has 3 atom stereocenters. The van der Waals surface area contributed by atoms with E-state index >= 15 is 0 Å². The highest BCUT2D eigenvalue weighted by molar-refractivity contribution is 5.29. The molecule has 2 aliphatic rings. The average Bonchev–Trinajstić information content (AvgIpc) is 2.68. The summed E-state index contributed by atoms with van der Waals surface area (Å²) in [7, 11) is 0. The molecule has 1 aromatic heterocycles. The predicted octanol–water partition coefficient (Wildman–Crippen LogP) is 3.46. The number of aryl methyl sites for hydroxylation is 1. The van der Waals surface area contributed by atoms with Crippen LogP contribution in [0.15, 0.2) is 10.5 Å². The summed E-state index contributed by atoms with van der Waals surface area (Å²) in [6.45, 7) is 6.74. The van der Waals surface area contributed by atoms with Crippen molar-refractivity contribution in [3.05, 3.63) is 23.2 Å². The van der Waals surface area contributed by atoms with Gasteiger partial charge in [-0.2, -0.15) is 0 Å². The summed E-state index contributed by atoms with van der Waals surface area (Å²) in [5.41, 5.74) is 7.82. The first-order chi connectivity index (χ1) is 9.43. The molecule has 0 radical (unpaired) electrons. The van der Waals surface area contributed by atoms with Gasteiger partial charge in [0.05, 0.1) is 0 Å². The van der Waals surface area contributed by atoms with Gasteiger partial charge in [-0.05, 0) is 44.1 Å². The maximum Gasteiger partial charge on any atom is 0.109 e. The van der Waals surface area contributed by atoms with Crippen LogP contribution in [0.4, 0.5) is 0 Å². The topological polar surface area (TPSA) is 51.2 Å². The molecule has 3 rings (SSSR count). The smallest absolute Gasteiger partial charge is 0.109 e. The van der Waals surface area contributed by atoms with E-state index in [2.05, 4.69) is 32.2 Å². The quantitative estimate of drug-likeness (QED) is 0.869. The highest BCUT2D eigenvalue weighted by Crippen LogP contribution is 2.42. The Morgan fingerprint density at radius 1 is 1.35 bits per heavy atom. The largest absolute Gasteiger partial charge is 0.466 e. The summed E-state index contributed by atoms with van der Waals surface area (Å²) < 4.78 is 5.92. The number of furan rings is 1. The number of nitrogens with one attached hydrogen (secondary N) is 1. The first-order valence-electron chi connectivity index (χ1n) is 8.04. The van der Waals surface area contributed by atoms with Crippen molar-refractivity contribution in [2.45, 2.75) is 77.4 Å². The van der Waals surface area contributed by atoms with Crippen LogP contribution in [0.25, 0.3) is 0 Å². The van der Waals surface area contributed by atoms with Gasteiger partial charge in [0.15, 0.2) is 0 Å². The molecule has 0 aliphatic heterocycles. The molecule has 3 unspecified atom stereocenters. The predicted molar refractivity (Wildman–Crippen MR) is 81.7 cm³/mol. The Hall–Kier alpha value is -0.800. The molecule has 1 heterocycles. The average molecular weight is 276 g/mol.